The highest BCUT2D eigenvalue weighted by Crippen LogP contribution is 2.24. The van der Waals surface area contributed by atoms with Gasteiger partial charge in [-0.1, -0.05) is 11.6 Å². The maximum Gasteiger partial charge on any atom is 0.241 e. The number of nitrogen functional groups attached to an aromatic ring is 1. The van der Waals surface area contributed by atoms with Crippen LogP contribution in [0.1, 0.15) is 6.92 Å². The Labute approximate surface area is 129 Å². The summed E-state index contributed by atoms with van der Waals surface area (Å²) >= 11 is 6.01. The summed E-state index contributed by atoms with van der Waals surface area (Å²) in [5.41, 5.74) is 6.61. The first-order valence-electron chi connectivity index (χ1n) is 6.59. The molecule has 1 aliphatic rings. The molecule has 1 aromatic rings. The van der Waals surface area contributed by atoms with Crippen molar-refractivity contribution in [1.29, 1.82) is 0 Å². The zero-order valence-electron chi connectivity index (χ0n) is 11.7. The number of sulfone groups is 1. The molecule has 1 aliphatic heterocycles. The van der Waals surface area contributed by atoms with Crippen molar-refractivity contribution in [2.75, 3.05) is 35.6 Å². The molecular weight excluding hydrogens is 314 g/mol. The summed E-state index contributed by atoms with van der Waals surface area (Å²) < 4.78 is 22.8. The summed E-state index contributed by atoms with van der Waals surface area (Å²) in [5.74, 6) is -0.0403. The fraction of sp³-hybridized carbons (Fsp3) is 0.462. The predicted octanol–water partition coefficient (Wildman–Crippen LogP) is 0.980. The predicted molar refractivity (Wildman–Crippen MR) is 84.2 cm³/mol. The van der Waals surface area contributed by atoms with Crippen LogP contribution < -0.4 is 11.1 Å². The number of halogens is 1. The number of nitrogens with two attached hydrogens (primary N) is 1. The minimum atomic E-state index is -2.95. The van der Waals surface area contributed by atoms with E-state index in [2.05, 4.69) is 5.32 Å². The maximum absolute atomic E-state index is 12.2. The molecule has 1 heterocycles. The third-order valence-corrected chi connectivity index (χ3v) is 5.48. The molecular formula is C13H18ClN3O3S. The summed E-state index contributed by atoms with van der Waals surface area (Å²) in [5, 5.41) is 3.11. The lowest BCUT2D eigenvalue weighted by molar-refractivity contribution is -0.120. The number of nitrogens with zero attached hydrogens (tertiary/aromatic N) is 1. The Morgan fingerprint density at radius 3 is 2.57 bits per heavy atom. The van der Waals surface area contributed by atoms with E-state index in [1.165, 1.54) is 0 Å². The quantitative estimate of drug-likeness (QED) is 0.805. The number of carbonyl (C=O) groups excluding carboxylic acids is 1. The molecule has 1 unspecified atom stereocenters. The minimum Gasteiger partial charge on any atom is -0.399 e. The Hall–Kier alpha value is -1.31. The van der Waals surface area contributed by atoms with E-state index < -0.39 is 15.9 Å². The Kier molecular flexibility index (Phi) is 4.75. The van der Waals surface area contributed by atoms with E-state index in [-0.39, 0.29) is 17.4 Å². The fourth-order valence-electron chi connectivity index (χ4n) is 2.15. The minimum absolute atomic E-state index is 0.0905. The molecule has 2 rings (SSSR count). The van der Waals surface area contributed by atoms with Gasteiger partial charge in [-0.2, -0.15) is 0 Å². The van der Waals surface area contributed by atoms with Crippen LogP contribution >= 0.6 is 11.6 Å². The molecule has 6 nitrogen and oxygen atoms in total. The number of rotatable bonds is 3. The van der Waals surface area contributed by atoms with Gasteiger partial charge < -0.3 is 11.1 Å². The monoisotopic (exact) mass is 331 g/mol. The first-order chi connectivity index (χ1) is 9.78. The smallest absolute Gasteiger partial charge is 0.241 e. The van der Waals surface area contributed by atoms with E-state index >= 15 is 0 Å². The van der Waals surface area contributed by atoms with Gasteiger partial charge >= 0.3 is 0 Å². The molecule has 21 heavy (non-hydrogen) atoms. The highest BCUT2D eigenvalue weighted by Gasteiger charge is 2.28. The van der Waals surface area contributed by atoms with E-state index in [1.54, 1.807) is 25.1 Å². The van der Waals surface area contributed by atoms with Crippen LogP contribution in [0.2, 0.25) is 5.02 Å². The highest BCUT2D eigenvalue weighted by atomic mass is 35.5. The van der Waals surface area contributed by atoms with Gasteiger partial charge in [0, 0.05) is 18.8 Å². The molecule has 116 valence electrons. The Bertz CT molecular complexity index is 634. The second-order valence-corrected chi connectivity index (χ2v) is 7.80. The van der Waals surface area contributed by atoms with Crippen LogP contribution in [-0.2, 0) is 14.6 Å². The van der Waals surface area contributed by atoms with E-state index in [4.69, 9.17) is 17.3 Å². The van der Waals surface area contributed by atoms with Crippen molar-refractivity contribution in [2.24, 2.45) is 0 Å². The standard InChI is InChI=1S/C13H18ClN3O3S/c1-9(17-4-6-21(19,20)7-5-17)13(18)16-12-3-2-10(15)8-11(12)14/h2-3,8-9H,4-7,15H2,1H3,(H,16,18). The van der Waals surface area contributed by atoms with Crippen molar-refractivity contribution in [3.8, 4) is 0 Å². The van der Waals surface area contributed by atoms with Crippen molar-refractivity contribution in [1.82, 2.24) is 4.90 Å². The van der Waals surface area contributed by atoms with Gasteiger partial charge in [0.1, 0.15) is 0 Å². The zero-order valence-corrected chi connectivity index (χ0v) is 13.2. The van der Waals surface area contributed by atoms with E-state index in [9.17, 15) is 13.2 Å². The average Bonchev–Trinajstić information content (AvgIpc) is 2.41. The number of hydrogen-bond acceptors (Lipinski definition) is 5. The van der Waals surface area contributed by atoms with E-state index in [1.807, 2.05) is 4.90 Å². The van der Waals surface area contributed by atoms with Crippen molar-refractivity contribution in [2.45, 2.75) is 13.0 Å². The molecule has 0 bridgehead atoms. The van der Waals surface area contributed by atoms with Gasteiger partial charge in [-0.25, -0.2) is 8.42 Å². The number of amides is 1. The van der Waals surface area contributed by atoms with Gasteiger partial charge in [-0.15, -0.1) is 0 Å². The lowest BCUT2D eigenvalue weighted by Gasteiger charge is -2.31. The van der Waals surface area contributed by atoms with E-state index in [0.717, 1.165) is 0 Å². The molecule has 0 spiro atoms. The van der Waals surface area contributed by atoms with Crippen molar-refractivity contribution in [3.63, 3.8) is 0 Å². The Morgan fingerprint density at radius 1 is 1.38 bits per heavy atom. The lowest BCUT2D eigenvalue weighted by atomic mass is 10.2. The Morgan fingerprint density at radius 2 is 2.00 bits per heavy atom. The molecule has 0 radical (unpaired) electrons. The van der Waals surface area contributed by atoms with Gasteiger partial charge in [0.2, 0.25) is 5.91 Å². The molecule has 0 aromatic heterocycles. The summed E-state index contributed by atoms with van der Waals surface area (Å²) in [6, 6.07) is 4.44. The molecule has 1 amide bonds. The number of nitrogens with one attached hydrogen (secondary N) is 1. The van der Waals surface area contributed by atoms with Crippen LogP contribution in [0.3, 0.4) is 0 Å². The van der Waals surface area contributed by atoms with Crippen LogP contribution in [0.5, 0.6) is 0 Å². The van der Waals surface area contributed by atoms with Crippen LogP contribution in [0.4, 0.5) is 11.4 Å². The van der Waals surface area contributed by atoms with Crippen molar-refractivity contribution < 1.29 is 13.2 Å². The lowest BCUT2D eigenvalue weighted by Crippen LogP contribution is -2.49. The topological polar surface area (TPSA) is 92.5 Å². The molecule has 8 heteroatoms. The van der Waals surface area contributed by atoms with Gasteiger partial charge in [0.05, 0.1) is 28.3 Å². The van der Waals surface area contributed by atoms with Crippen LogP contribution in [-0.4, -0.2) is 49.9 Å². The summed E-state index contributed by atoms with van der Waals surface area (Å²) in [6.45, 7) is 2.48. The fourth-order valence-corrected chi connectivity index (χ4v) is 3.62. The van der Waals surface area contributed by atoms with Crippen LogP contribution in [0.15, 0.2) is 18.2 Å². The molecule has 1 saturated heterocycles. The first kappa shape index (κ1) is 16.1. The third-order valence-electron chi connectivity index (χ3n) is 3.56. The van der Waals surface area contributed by atoms with E-state index in [0.29, 0.717) is 29.5 Å². The number of benzene rings is 1. The molecule has 3 N–H and O–H groups in total. The average molecular weight is 332 g/mol. The van der Waals surface area contributed by atoms with Crippen molar-refractivity contribution >= 4 is 38.7 Å². The summed E-state index contributed by atoms with van der Waals surface area (Å²) in [7, 11) is -2.95. The summed E-state index contributed by atoms with van der Waals surface area (Å²) in [4.78, 5) is 14.1. The largest absolute Gasteiger partial charge is 0.399 e. The maximum atomic E-state index is 12.2. The number of hydrogen-bond donors (Lipinski definition) is 2. The van der Waals surface area contributed by atoms with Gasteiger partial charge in [-0.05, 0) is 25.1 Å². The summed E-state index contributed by atoms with van der Waals surface area (Å²) in [6.07, 6.45) is 0. The highest BCUT2D eigenvalue weighted by molar-refractivity contribution is 7.91. The second-order valence-electron chi connectivity index (χ2n) is 5.09. The SMILES string of the molecule is CC(C(=O)Nc1ccc(N)cc1Cl)N1CCS(=O)(=O)CC1. The Balaban J connectivity index is 2.00. The molecule has 1 fully saturated rings. The van der Waals surface area contributed by atoms with Crippen LogP contribution in [0, 0.1) is 0 Å². The molecule has 0 saturated carbocycles. The molecule has 1 atom stereocenters. The van der Waals surface area contributed by atoms with Crippen molar-refractivity contribution in [3.05, 3.63) is 23.2 Å². The second kappa shape index (κ2) is 6.21. The molecule has 1 aromatic carbocycles. The normalized spacial score (nSPS) is 19.9. The zero-order chi connectivity index (χ0) is 15.6. The first-order valence-corrected chi connectivity index (χ1v) is 8.79. The molecule has 0 aliphatic carbocycles. The van der Waals surface area contributed by atoms with Gasteiger partial charge in [-0.3, -0.25) is 9.69 Å². The van der Waals surface area contributed by atoms with Gasteiger partial charge in [0.15, 0.2) is 9.84 Å². The van der Waals surface area contributed by atoms with Crippen LogP contribution in [0.25, 0.3) is 0 Å². The third kappa shape index (κ3) is 4.09. The number of carbonyl (C=O) groups is 1. The van der Waals surface area contributed by atoms with Gasteiger partial charge in [0.25, 0.3) is 0 Å². The number of anilines is 2.